The highest BCUT2D eigenvalue weighted by Gasteiger charge is 2.05. The molecule has 0 atom stereocenters. The molecule has 0 saturated heterocycles. The Bertz CT molecular complexity index is 630. The maximum atomic E-state index is 11.9. The fraction of sp³-hybridized carbons (Fsp3) is 0.188. The zero-order valence-corrected chi connectivity index (χ0v) is 13.5. The van der Waals surface area contributed by atoms with Crippen LogP contribution in [0.15, 0.2) is 53.3 Å². The van der Waals surface area contributed by atoms with Crippen LogP contribution >= 0.6 is 15.9 Å². The quantitative estimate of drug-likeness (QED) is 0.776. The Balaban J connectivity index is 1.66. The molecular weight excluding hydrogens is 346 g/mol. The predicted molar refractivity (Wildman–Crippen MR) is 87.7 cm³/mol. The zero-order chi connectivity index (χ0) is 15.8. The van der Waals surface area contributed by atoms with Crippen LogP contribution in [-0.2, 0) is 0 Å². The summed E-state index contributed by atoms with van der Waals surface area (Å²) >= 11 is 3.32. The normalized spacial score (nSPS) is 10.0. The summed E-state index contributed by atoms with van der Waals surface area (Å²) in [5.41, 5.74) is 1.19. The van der Waals surface area contributed by atoms with E-state index in [9.17, 15) is 9.59 Å². The number of amides is 2. The molecule has 22 heavy (non-hydrogen) atoms. The Kier molecular flexibility index (Phi) is 6.09. The number of nitrogens with zero attached hydrogens (tertiary/aromatic N) is 1. The first-order valence-corrected chi connectivity index (χ1v) is 7.68. The van der Waals surface area contributed by atoms with Crippen molar-refractivity contribution in [3.63, 3.8) is 0 Å². The number of hydrogen-bond donors (Lipinski definition) is 2. The van der Waals surface area contributed by atoms with Crippen LogP contribution in [-0.4, -0.2) is 29.9 Å². The van der Waals surface area contributed by atoms with Gasteiger partial charge in [-0.05, 0) is 42.8 Å². The van der Waals surface area contributed by atoms with Crippen molar-refractivity contribution in [2.24, 2.45) is 0 Å². The summed E-state index contributed by atoms with van der Waals surface area (Å²) in [6, 6.07) is 10.5. The van der Waals surface area contributed by atoms with E-state index in [2.05, 4.69) is 31.5 Å². The fourth-order valence-electron chi connectivity index (χ4n) is 1.80. The van der Waals surface area contributed by atoms with E-state index in [0.717, 1.165) is 4.47 Å². The molecule has 2 rings (SSSR count). The Morgan fingerprint density at radius 2 is 1.36 bits per heavy atom. The number of carbonyl (C=O) groups is 2. The van der Waals surface area contributed by atoms with Gasteiger partial charge in [0.2, 0.25) is 0 Å². The van der Waals surface area contributed by atoms with Gasteiger partial charge in [-0.3, -0.25) is 14.6 Å². The third-order valence-corrected chi connectivity index (χ3v) is 3.50. The van der Waals surface area contributed by atoms with E-state index in [1.54, 1.807) is 36.7 Å². The van der Waals surface area contributed by atoms with Gasteiger partial charge in [-0.25, -0.2) is 0 Å². The largest absolute Gasteiger partial charge is 0.352 e. The number of halogens is 1. The Morgan fingerprint density at radius 1 is 0.864 bits per heavy atom. The fourth-order valence-corrected chi connectivity index (χ4v) is 2.07. The average molecular weight is 362 g/mol. The number of pyridine rings is 1. The smallest absolute Gasteiger partial charge is 0.251 e. The lowest BCUT2D eigenvalue weighted by molar-refractivity contribution is 0.0951. The first-order chi connectivity index (χ1) is 10.7. The van der Waals surface area contributed by atoms with Crippen molar-refractivity contribution in [1.82, 2.24) is 15.6 Å². The van der Waals surface area contributed by atoms with Crippen molar-refractivity contribution in [3.05, 3.63) is 64.4 Å². The molecule has 0 aliphatic rings. The monoisotopic (exact) mass is 361 g/mol. The number of nitrogens with one attached hydrogen (secondary N) is 2. The molecule has 0 saturated carbocycles. The molecule has 2 N–H and O–H groups in total. The van der Waals surface area contributed by atoms with Crippen LogP contribution in [0, 0.1) is 0 Å². The van der Waals surface area contributed by atoms with Gasteiger partial charge in [0.15, 0.2) is 0 Å². The molecule has 5 nitrogen and oxygen atoms in total. The summed E-state index contributed by atoms with van der Waals surface area (Å²) in [5.74, 6) is -0.255. The van der Waals surface area contributed by atoms with E-state index in [-0.39, 0.29) is 11.8 Å². The molecule has 2 amide bonds. The Morgan fingerprint density at radius 3 is 1.91 bits per heavy atom. The maximum Gasteiger partial charge on any atom is 0.251 e. The first kappa shape index (κ1) is 16.2. The van der Waals surface area contributed by atoms with Gasteiger partial charge in [0, 0.05) is 41.1 Å². The van der Waals surface area contributed by atoms with Crippen molar-refractivity contribution in [1.29, 1.82) is 0 Å². The molecule has 114 valence electrons. The number of benzene rings is 1. The van der Waals surface area contributed by atoms with E-state index < -0.39 is 0 Å². The lowest BCUT2D eigenvalue weighted by atomic mass is 10.2. The Labute approximate surface area is 137 Å². The second-order valence-corrected chi connectivity index (χ2v) is 5.52. The van der Waals surface area contributed by atoms with E-state index in [4.69, 9.17) is 0 Å². The minimum atomic E-state index is -0.137. The van der Waals surface area contributed by atoms with Gasteiger partial charge in [-0.1, -0.05) is 15.9 Å². The van der Waals surface area contributed by atoms with E-state index in [1.165, 1.54) is 0 Å². The molecular formula is C16H16BrN3O2. The lowest BCUT2D eigenvalue weighted by Gasteiger charge is -2.07. The highest BCUT2D eigenvalue weighted by atomic mass is 79.9. The molecule has 6 heteroatoms. The molecule has 0 spiro atoms. The molecule has 0 aliphatic carbocycles. The van der Waals surface area contributed by atoms with Crippen LogP contribution in [0.4, 0.5) is 0 Å². The van der Waals surface area contributed by atoms with Crippen molar-refractivity contribution in [3.8, 4) is 0 Å². The maximum absolute atomic E-state index is 11.9. The summed E-state index contributed by atoms with van der Waals surface area (Å²) in [6.45, 7) is 1.01. The zero-order valence-electron chi connectivity index (χ0n) is 11.9. The summed E-state index contributed by atoms with van der Waals surface area (Å²) < 4.78 is 0.933. The molecule has 0 unspecified atom stereocenters. The molecule has 1 aromatic carbocycles. The predicted octanol–water partition coefficient (Wildman–Crippen LogP) is 2.39. The van der Waals surface area contributed by atoms with Crippen molar-refractivity contribution >= 4 is 27.7 Å². The number of rotatable bonds is 6. The van der Waals surface area contributed by atoms with Gasteiger partial charge < -0.3 is 10.6 Å². The summed E-state index contributed by atoms with van der Waals surface area (Å²) in [6.07, 6.45) is 3.82. The van der Waals surface area contributed by atoms with Crippen molar-refractivity contribution in [2.45, 2.75) is 6.42 Å². The van der Waals surface area contributed by atoms with Crippen LogP contribution in [0.5, 0.6) is 0 Å². The summed E-state index contributed by atoms with van der Waals surface area (Å²) in [5, 5.41) is 5.61. The topological polar surface area (TPSA) is 71.1 Å². The minimum absolute atomic E-state index is 0.118. The minimum Gasteiger partial charge on any atom is -0.352 e. The van der Waals surface area contributed by atoms with Crippen LogP contribution < -0.4 is 10.6 Å². The van der Waals surface area contributed by atoms with Crippen LogP contribution in [0.2, 0.25) is 0 Å². The van der Waals surface area contributed by atoms with E-state index in [0.29, 0.717) is 30.6 Å². The Hall–Kier alpha value is -2.21. The van der Waals surface area contributed by atoms with Crippen LogP contribution in [0.25, 0.3) is 0 Å². The highest BCUT2D eigenvalue weighted by Crippen LogP contribution is 2.10. The van der Waals surface area contributed by atoms with E-state index in [1.807, 2.05) is 12.1 Å². The summed E-state index contributed by atoms with van der Waals surface area (Å²) in [7, 11) is 0. The van der Waals surface area contributed by atoms with Gasteiger partial charge in [-0.2, -0.15) is 0 Å². The SMILES string of the molecule is O=C(NCCCNC(=O)c1ccc(Br)cc1)c1ccncc1. The molecule has 1 aromatic heterocycles. The standard InChI is InChI=1S/C16H16BrN3O2/c17-14-4-2-12(3-5-14)15(21)19-8-1-9-20-16(22)13-6-10-18-11-7-13/h2-7,10-11H,1,8-9H2,(H,19,21)(H,20,22). The number of carbonyl (C=O) groups excluding carboxylic acids is 2. The van der Waals surface area contributed by atoms with Gasteiger partial charge in [0.1, 0.15) is 0 Å². The third kappa shape index (κ3) is 4.96. The summed E-state index contributed by atoms with van der Waals surface area (Å²) in [4.78, 5) is 27.5. The molecule has 0 fully saturated rings. The van der Waals surface area contributed by atoms with Crippen LogP contribution in [0.3, 0.4) is 0 Å². The lowest BCUT2D eigenvalue weighted by Crippen LogP contribution is -2.29. The molecule has 1 heterocycles. The number of hydrogen-bond acceptors (Lipinski definition) is 3. The van der Waals surface area contributed by atoms with Gasteiger partial charge in [0.25, 0.3) is 11.8 Å². The molecule has 2 aromatic rings. The molecule has 0 bridgehead atoms. The van der Waals surface area contributed by atoms with Crippen molar-refractivity contribution in [2.75, 3.05) is 13.1 Å². The highest BCUT2D eigenvalue weighted by molar-refractivity contribution is 9.10. The third-order valence-electron chi connectivity index (χ3n) is 2.97. The van der Waals surface area contributed by atoms with Gasteiger partial charge in [0.05, 0.1) is 0 Å². The van der Waals surface area contributed by atoms with Crippen LogP contribution in [0.1, 0.15) is 27.1 Å². The van der Waals surface area contributed by atoms with Crippen molar-refractivity contribution < 1.29 is 9.59 Å². The van der Waals surface area contributed by atoms with Gasteiger partial charge >= 0.3 is 0 Å². The molecule has 0 radical (unpaired) electrons. The van der Waals surface area contributed by atoms with E-state index >= 15 is 0 Å². The van der Waals surface area contributed by atoms with Gasteiger partial charge in [-0.15, -0.1) is 0 Å². The second kappa shape index (κ2) is 8.29. The second-order valence-electron chi connectivity index (χ2n) is 4.61. The first-order valence-electron chi connectivity index (χ1n) is 6.89. The number of aromatic nitrogens is 1. The molecule has 0 aliphatic heterocycles. The average Bonchev–Trinajstić information content (AvgIpc) is 2.55.